The van der Waals surface area contributed by atoms with Crippen LogP contribution >= 0.6 is 11.3 Å². The Bertz CT molecular complexity index is 2380. The molecule has 0 bridgehead atoms. The van der Waals surface area contributed by atoms with Gasteiger partial charge in [-0.25, -0.2) is 4.99 Å². The van der Waals surface area contributed by atoms with Crippen molar-refractivity contribution in [3.8, 4) is 0 Å². The molecular formula is C39H27N3S. The molecule has 43 heavy (non-hydrogen) atoms. The summed E-state index contributed by atoms with van der Waals surface area (Å²) in [6, 6.07) is 48.9. The number of rotatable bonds is 4. The van der Waals surface area contributed by atoms with E-state index in [2.05, 4.69) is 109 Å². The monoisotopic (exact) mass is 569 g/mol. The fourth-order valence-corrected chi connectivity index (χ4v) is 7.21. The smallest absolute Gasteiger partial charge is 0.158 e. The molecule has 0 aliphatic heterocycles. The van der Waals surface area contributed by atoms with Gasteiger partial charge in [-0.05, 0) is 56.1 Å². The summed E-state index contributed by atoms with van der Waals surface area (Å²) < 4.78 is 2.46. The molecule has 0 radical (unpaired) electrons. The summed E-state index contributed by atoms with van der Waals surface area (Å²) in [7, 11) is 0. The van der Waals surface area contributed by atoms with Crippen LogP contribution in [-0.2, 0) is 6.54 Å². The van der Waals surface area contributed by atoms with Gasteiger partial charge in [-0.3, -0.25) is 4.99 Å². The summed E-state index contributed by atoms with van der Waals surface area (Å²) >= 11 is 1.79. The summed E-state index contributed by atoms with van der Waals surface area (Å²) in [5.41, 5.74) is 9.57. The average Bonchev–Trinajstić information content (AvgIpc) is 3.45. The molecule has 0 aliphatic rings. The van der Waals surface area contributed by atoms with Gasteiger partial charge in [0, 0.05) is 31.3 Å². The quantitative estimate of drug-likeness (QED) is 0.128. The summed E-state index contributed by atoms with van der Waals surface area (Å²) in [6.07, 6.45) is 0. The molecule has 4 heteroatoms. The largest absolute Gasteiger partial charge is 0.383 e. The third kappa shape index (κ3) is 4.53. The normalized spacial score (nSPS) is 12.7. The Hall–Kier alpha value is -5.32. The zero-order valence-corrected chi connectivity index (χ0v) is 24.2. The van der Waals surface area contributed by atoms with E-state index in [9.17, 15) is 0 Å². The fourth-order valence-electron chi connectivity index (χ4n) is 6.08. The maximum atomic E-state index is 6.58. The number of thiophene rings is 1. The van der Waals surface area contributed by atoms with E-state index in [-0.39, 0.29) is 0 Å². The predicted molar refractivity (Wildman–Crippen MR) is 186 cm³/mol. The van der Waals surface area contributed by atoms with Crippen LogP contribution in [0, 0.1) is 0 Å². The lowest BCUT2D eigenvalue weighted by molar-refractivity contribution is 1.07. The summed E-state index contributed by atoms with van der Waals surface area (Å²) in [5, 5.41) is 9.92. The maximum Gasteiger partial charge on any atom is 0.158 e. The van der Waals surface area contributed by atoms with E-state index in [1.807, 2.05) is 30.3 Å². The van der Waals surface area contributed by atoms with E-state index in [0.717, 1.165) is 16.7 Å². The van der Waals surface area contributed by atoms with Gasteiger partial charge in [0.25, 0.3) is 0 Å². The zero-order valence-electron chi connectivity index (χ0n) is 23.4. The SMILES string of the molecule is NC(=NC(=NCc1ccc2c(ccc3ccc4ccccc4c32)c1)c1cccc2sc3ccccc3c12)c1ccccc1. The van der Waals surface area contributed by atoms with E-state index in [0.29, 0.717) is 18.2 Å². The molecule has 2 N–H and O–H groups in total. The molecule has 1 aromatic heterocycles. The Kier molecular flexibility index (Phi) is 6.20. The van der Waals surface area contributed by atoms with Crippen molar-refractivity contribution in [1.82, 2.24) is 0 Å². The maximum absolute atomic E-state index is 6.58. The molecule has 0 unspecified atom stereocenters. The molecule has 204 valence electrons. The van der Waals surface area contributed by atoms with Crippen molar-refractivity contribution in [2.75, 3.05) is 0 Å². The van der Waals surface area contributed by atoms with Crippen molar-refractivity contribution in [2.24, 2.45) is 15.7 Å². The first-order valence-corrected chi connectivity index (χ1v) is 15.2. The van der Waals surface area contributed by atoms with Gasteiger partial charge < -0.3 is 5.73 Å². The van der Waals surface area contributed by atoms with Crippen LogP contribution in [0.5, 0.6) is 0 Å². The van der Waals surface area contributed by atoms with Gasteiger partial charge >= 0.3 is 0 Å². The third-order valence-corrected chi connectivity index (χ3v) is 9.28. The Morgan fingerprint density at radius 1 is 0.558 bits per heavy atom. The molecule has 0 amide bonds. The van der Waals surface area contributed by atoms with Crippen LogP contribution in [-0.4, -0.2) is 11.7 Å². The molecule has 0 spiro atoms. The van der Waals surface area contributed by atoms with Crippen molar-refractivity contribution in [1.29, 1.82) is 0 Å². The summed E-state index contributed by atoms with van der Waals surface area (Å²) in [6.45, 7) is 0.489. The van der Waals surface area contributed by atoms with Crippen LogP contribution in [0.4, 0.5) is 0 Å². The van der Waals surface area contributed by atoms with Crippen LogP contribution in [0.1, 0.15) is 16.7 Å². The van der Waals surface area contributed by atoms with Gasteiger partial charge in [0.15, 0.2) is 5.84 Å². The van der Waals surface area contributed by atoms with Crippen molar-refractivity contribution >= 4 is 75.5 Å². The minimum Gasteiger partial charge on any atom is -0.383 e. The van der Waals surface area contributed by atoms with Gasteiger partial charge in [-0.15, -0.1) is 11.3 Å². The second kappa shape index (κ2) is 10.5. The Labute approximate surface area is 253 Å². The second-order valence-electron chi connectivity index (χ2n) is 10.8. The first-order chi connectivity index (χ1) is 21.2. The Morgan fingerprint density at radius 3 is 2.14 bits per heavy atom. The molecule has 0 saturated carbocycles. The first kappa shape index (κ1) is 25.4. The van der Waals surface area contributed by atoms with Crippen LogP contribution in [0.25, 0.3) is 52.5 Å². The summed E-state index contributed by atoms with van der Waals surface area (Å²) in [4.78, 5) is 10.1. The number of hydrogen-bond donors (Lipinski definition) is 1. The lowest BCUT2D eigenvalue weighted by atomic mass is 9.95. The van der Waals surface area contributed by atoms with Gasteiger partial charge in [-0.1, -0.05) is 121 Å². The highest BCUT2D eigenvalue weighted by Gasteiger charge is 2.14. The van der Waals surface area contributed by atoms with Crippen molar-refractivity contribution in [3.05, 3.63) is 156 Å². The van der Waals surface area contributed by atoms with E-state index >= 15 is 0 Å². The van der Waals surface area contributed by atoms with Crippen molar-refractivity contribution < 1.29 is 0 Å². The number of fused-ring (bicyclic) bond motifs is 8. The molecule has 0 fully saturated rings. The van der Waals surface area contributed by atoms with Crippen LogP contribution in [0.15, 0.2) is 150 Å². The van der Waals surface area contributed by atoms with Crippen LogP contribution < -0.4 is 5.73 Å². The number of nitrogens with zero attached hydrogens (tertiary/aromatic N) is 2. The van der Waals surface area contributed by atoms with Crippen LogP contribution in [0.3, 0.4) is 0 Å². The minimum atomic E-state index is 0.452. The molecule has 0 saturated heterocycles. The molecule has 8 rings (SSSR count). The minimum absolute atomic E-state index is 0.452. The number of nitrogens with two attached hydrogens (primary N) is 1. The zero-order chi connectivity index (χ0) is 28.8. The molecule has 1 heterocycles. The number of amidine groups is 2. The van der Waals surface area contributed by atoms with Gasteiger partial charge in [-0.2, -0.15) is 0 Å². The van der Waals surface area contributed by atoms with Gasteiger partial charge in [0.1, 0.15) is 5.84 Å². The molecular weight excluding hydrogens is 543 g/mol. The van der Waals surface area contributed by atoms with Gasteiger partial charge in [0.2, 0.25) is 0 Å². The lowest BCUT2D eigenvalue weighted by Gasteiger charge is -2.10. The molecule has 0 atom stereocenters. The van der Waals surface area contributed by atoms with E-state index < -0.39 is 0 Å². The lowest BCUT2D eigenvalue weighted by Crippen LogP contribution is -2.16. The molecule has 3 nitrogen and oxygen atoms in total. The first-order valence-electron chi connectivity index (χ1n) is 14.4. The van der Waals surface area contributed by atoms with Crippen LogP contribution in [0.2, 0.25) is 0 Å². The highest BCUT2D eigenvalue weighted by atomic mass is 32.1. The predicted octanol–water partition coefficient (Wildman–Crippen LogP) is 9.87. The van der Waals surface area contributed by atoms with E-state index in [1.165, 1.54) is 52.5 Å². The van der Waals surface area contributed by atoms with Gasteiger partial charge in [0.05, 0.1) is 6.54 Å². The average molecular weight is 570 g/mol. The van der Waals surface area contributed by atoms with E-state index in [4.69, 9.17) is 15.7 Å². The number of aliphatic imine (C=N–C) groups is 2. The molecule has 0 aliphatic carbocycles. The highest BCUT2D eigenvalue weighted by molar-refractivity contribution is 7.25. The second-order valence-corrected chi connectivity index (χ2v) is 11.9. The third-order valence-electron chi connectivity index (χ3n) is 8.14. The molecule has 7 aromatic carbocycles. The highest BCUT2D eigenvalue weighted by Crippen LogP contribution is 2.37. The topological polar surface area (TPSA) is 50.7 Å². The number of benzene rings is 7. The Morgan fingerprint density at radius 2 is 1.26 bits per heavy atom. The summed E-state index contributed by atoms with van der Waals surface area (Å²) in [5.74, 6) is 1.09. The fraction of sp³-hybridized carbons (Fsp3) is 0.0256. The standard InChI is InChI=1S/C39H27N3S/c40-38(28-10-2-1-3-11-28)42-39(33-14-8-16-35-37(33)32-13-6-7-15-34(32)43-35)41-24-25-17-22-31-29(23-25)21-20-27-19-18-26-9-4-5-12-30(26)36(27)31/h1-23H,24H2,(H2,40,41,42). The van der Waals surface area contributed by atoms with Crippen molar-refractivity contribution in [2.45, 2.75) is 6.54 Å². The van der Waals surface area contributed by atoms with Crippen molar-refractivity contribution in [3.63, 3.8) is 0 Å². The Balaban J connectivity index is 1.27. The van der Waals surface area contributed by atoms with E-state index in [1.54, 1.807) is 11.3 Å². The molecule has 8 aromatic rings. The number of hydrogen-bond acceptors (Lipinski definition) is 2.